The Kier molecular flexibility index (Phi) is 31.6. The van der Waals surface area contributed by atoms with Crippen molar-refractivity contribution < 1.29 is 0 Å². The average Bonchev–Trinajstić information content (AvgIpc) is 2.84. The highest BCUT2D eigenvalue weighted by molar-refractivity contribution is 7.64. The minimum absolute atomic E-state index is 0.831. The smallest absolute Gasteiger partial charge is 0.126 e. The molecule has 0 heterocycles. The second-order valence-corrected chi connectivity index (χ2v) is 20.9. The Bertz CT molecular complexity index is 397. The summed E-state index contributed by atoms with van der Waals surface area (Å²) in [6, 6.07) is -1.53. The summed E-state index contributed by atoms with van der Waals surface area (Å²) in [5.41, 5.74) is 0. The van der Waals surface area contributed by atoms with E-state index in [4.69, 9.17) is 33.2 Å². The third kappa shape index (κ3) is 35.1. The first-order chi connectivity index (χ1) is 17.6. The van der Waals surface area contributed by atoms with Crippen molar-refractivity contribution in [1.82, 2.24) is 0 Å². The van der Waals surface area contributed by atoms with Crippen molar-refractivity contribution in [2.24, 2.45) is 0 Å². The molecule has 0 aromatic heterocycles. The fourth-order valence-electron chi connectivity index (χ4n) is 5.35. The second kappa shape index (κ2) is 30.6. The van der Waals surface area contributed by atoms with Gasteiger partial charge in [0.05, 0.1) is 0 Å². The van der Waals surface area contributed by atoms with E-state index >= 15 is 0 Å². The minimum atomic E-state index is -2.36. The van der Waals surface area contributed by atoms with Crippen molar-refractivity contribution >= 4 is 39.2 Å². The van der Waals surface area contributed by atoms with E-state index in [0.717, 1.165) is 12.5 Å². The molecule has 0 rings (SSSR count). The number of rotatable bonds is 31. The Morgan fingerprint density at radius 3 is 0.611 bits per heavy atom. The summed E-state index contributed by atoms with van der Waals surface area (Å²) >= 11 is 17.8. The van der Waals surface area contributed by atoms with Crippen LogP contribution < -0.4 is 0 Å². The molecule has 0 aliphatic heterocycles. The molecule has 0 nitrogen and oxygen atoms in total. The van der Waals surface area contributed by atoms with Crippen molar-refractivity contribution in [1.29, 1.82) is 0 Å². The highest BCUT2D eigenvalue weighted by atomic mass is 35.8. The number of hydrogen-bond donors (Lipinski definition) is 0. The van der Waals surface area contributed by atoms with Crippen LogP contribution in [-0.4, -0.2) is 6.00 Å². The minimum Gasteiger partial charge on any atom is -0.126 e. The van der Waals surface area contributed by atoms with Crippen LogP contribution in [-0.2, 0) is 0 Å². The van der Waals surface area contributed by atoms with Crippen molar-refractivity contribution in [3.63, 3.8) is 0 Å². The lowest BCUT2D eigenvalue weighted by Crippen LogP contribution is -2.07. The maximum atomic E-state index is 5.92. The van der Waals surface area contributed by atoms with Crippen LogP contribution in [0.2, 0.25) is 6.04 Å². The van der Waals surface area contributed by atoms with E-state index in [1.54, 1.807) is 0 Å². The van der Waals surface area contributed by atoms with E-state index in [2.05, 4.69) is 6.92 Å². The average molecular weight is 584 g/mol. The zero-order valence-corrected chi connectivity index (χ0v) is 27.8. The van der Waals surface area contributed by atoms with E-state index in [1.165, 1.54) is 186 Å². The van der Waals surface area contributed by atoms with Crippen molar-refractivity contribution in [3.05, 3.63) is 0 Å². The second-order valence-electron chi connectivity index (χ2n) is 11.6. The van der Waals surface area contributed by atoms with Crippen molar-refractivity contribution in [3.8, 4) is 0 Å². The van der Waals surface area contributed by atoms with Crippen molar-refractivity contribution in [2.45, 2.75) is 206 Å². The standard InChI is InChI=1S/C32H65Cl3Si/c1-2-3-4-5-6-7-8-9-10-11-12-13-14-15-16-17-18-19-20-21-22-23-24-25-26-27-28-29-30-31-32-36(33,34)35/h2-32H2,1H3. The van der Waals surface area contributed by atoms with Gasteiger partial charge in [-0.25, -0.2) is 0 Å². The summed E-state index contributed by atoms with van der Waals surface area (Å²) < 4.78 is 0. The Balaban J connectivity index is 3.03. The van der Waals surface area contributed by atoms with Crippen molar-refractivity contribution in [2.75, 3.05) is 0 Å². The number of unbranched alkanes of at least 4 members (excludes halogenated alkanes) is 29. The van der Waals surface area contributed by atoms with Gasteiger partial charge in [-0.2, -0.15) is 0 Å². The summed E-state index contributed by atoms with van der Waals surface area (Å²) in [5.74, 6) is 0. The summed E-state index contributed by atoms with van der Waals surface area (Å²) in [5, 5.41) is 0. The van der Waals surface area contributed by atoms with Crippen LogP contribution in [0.25, 0.3) is 0 Å². The first-order valence-electron chi connectivity index (χ1n) is 16.6. The number of hydrogen-bond acceptors (Lipinski definition) is 0. The predicted octanol–water partition coefficient (Wildman–Crippen LogP) is 14.4. The van der Waals surface area contributed by atoms with Gasteiger partial charge in [-0.15, -0.1) is 33.2 Å². The number of halogens is 3. The zero-order valence-electron chi connectivity index (χ0n) is 24.6. The van der Waals surface area contributed by atoms with E-state index in [0.29, 0.717) is 0 Å². The Morgan fingerprint density at radius 1 is 0.278 bits per heavy atom. The molecule has 0 radical (unpaired) electrons. The first kappa shape index (κ1) is 37.1. The van der Waals surface area contributed by atoms with Crippen LogP contribution >= 0.6 is 33.2 Å². The lowest BCUT2D eigenvalue weighted by atomic mass is 10.0. The van der Waals surface area contributed by atoms with E-state index < -0.39 is 6.00 Å². The Labute approximate surface area is 243 Å². The zero-order chi connectivity index (χ0) is 26.4. The lowest BCUT2D eigenvalue weighted by molar-refractivity contribution is 0.513. The van der Waals surface area contributed by atoms with Gasteiger partial charge in [0, 0.05) is 0 Å². The maximum absolute atomic E-state index is 5.92. The molecule has 0 fully saturated rings. The van der Waals surface area contributed by atoms with Gasteiger partial charge in [0.15, 0.2) is 0 Å². The van der Waals surface area contributed by atoms with Crippen LogP contribution in [0.3, 0.4) is 0 Å². The Morgan fingerprint density at radius 2 is 0.444 bits per heavy atom. The molecule has 0 saturated carbocycles. The molecule has 0 N–H and O–H groups in total. The molecule has 0 saturated heterocycles. The SMILES string of the molecule is CCCCCCCCCCCCCCCCCCCCCCCCCCCCCCCC[Si](Cl)(Cl)Cl. The molecule has 0 spiro atoms. The monoisotopic (exact) mass is 582 g/mol. The van der Waals surface area contributed by atoms with Gasteiger partial charge in [-0.1, -0.05) is 200 Å². The summed E-state index contributed by atoms with van der Waals surface area (Å²) in [4.78, 5) is 0. The lowest BCUT2D eigenvalue weighted by Gasteiger charge is -2.07. The van der Waals surface area contributed by atoms with Crippen LogP contribution in [0.4, 0.5) is 0 Å². The molecule has 0 aromatic carbocycles. The molecular formula is C32H65Cl3Si. The molecule has 0 bridgehead atoms. The molecule has 0 amide bonds. The van der Waals surface area contributed by atoms with Gasteiger partial charge in [0.25, 0.3) is 0 Å². The molecule has 36 heavy (non-hydrogen) atoms. The molecule has 0 aromatic rings. The van der Waals surface area contributed by atoms with Gasteiger partial charge in [-0.3, -0.25) is 0 Å². The van der Waals surface area contributed by atoms with Gasteiger partial charge in [-0.05, 0) is 6.04 Å². The molecule has 218 valence electrons. The van der Waals surface area contributed by atoms with Crippen LogP contribution in [0.15, 0.2) is 0 Å². The molecule has 0 aliphatic carbocycles. The molecule has 0 aliphatic rings. The molecule has 4 heteroatoms. The molecule has 0 unspecified atom stereocenters. The predicted molar refractivity (Wildman–Crippen MR) is 172 cm³/mol. The largest absolute Gasteiger partial charge is 0.341 e. The third-order valence-corrected chi connectivity index (χ3v) is 10.4. The highest BCUT2D eigenvalue weighted by Gasteiger charge is 2.23. The van der Waals surface area contributed by atoms with Crippen LogP contribution in [0, 0.1) is 0 Å². The molecule has 0 atom stereocenters. The first-order valence-corrected chi connectivity index (χ1v) is 21.9. The van der Waals surface area contributed by atoms with Gasteiger partial charge in [0.1, 0.15) is 0 Å². The van der Waals surface area contributed by atoms with Gasteiger partial charge >= 0.3 is 6.00 Å². The Hall–Kier alpha value is 1.09. The fourth-order valence-corrected chi connectivity index (χ4v) is 7.20. The van der Waals surface area contributed by atoms with Crippen LogP contribution in [0.5, 0.6) is 0 Å². The highest BCUT2D eigenvalue weighted by Crippen LogP contribution is 2.27. The van der Waals surface area contributed by atoms with Gasteiger partial charge < -0.3 is 0 Å². The quantitative estimate of drug-likeness (QED) is 0.0432. The van der Waals surface area contributed by atoms with Crippen LogP contribution in [0.1, 0.15) is 200 Å². The topological polar surface area (TPSA) is 0 Å². The molecular weight excluding hydrogens is 519 g/mol. The third-order valence-electron chi connectivity index (χ3n) is 7.81. The van der Waals surface area contributed by atoms with E-state index in [-0.39, 0.29) is 0 Å². The fraction of sp³-hybridized carbons (Fsp3) is 1.00. The normalized spacial score (nSPS) is 12.0. The maximum Gasteiger partial charge on any atom is 0.341 e. The van der Waals surface area contributed by atoms with E-state index in [9.17, 15) is 0 Å². The summed E-state index contributed by atoms with van der Waals surface area (Å²) in [7, 11) is 0. The van der Waals surface area contributed by atoms with Gasteiger partial charge in [0.2, 0.25) is 0 Å². The summed E-state index contributed by atoms with van der Waals surface area (Å²) in [6.07, 6.45) is 43.0. The van der Waals surface area contributed by atoms with E-state index in [1.807, 2.05) is 0 Å². The summed E-state index contributed by atoms with van der Waals surface area (Å²) in [6.45, 7) is 2.30.